The third-order valence-electron chi connectivity index (χ3n) is 7.07. The summed E-state index contributed by atoms with van der Waals surface area (Å²) in [6.07, 6.45) is 8.67. The molecule has 2 saturated carbocycles. The molecule has 2 aliphatic carbocycles. The Kier molecular flexibility index (Phi) is 3.16. The van der Waals surface area contributed by atoms with E-state index in [-0.39, 0.29) is 0 Å². The van der Waals surface area contributed by atoms with Gasteiger partial charge in [0.1, 0.15) is 0 Å². The van der Waals surface area contributed by atoms with Gasteiger partial charge in [-0.2, -0.15) is 0 Å². The van der Waals surface area contributed by atoms with Crippen LogP contribution in [0.5, 0.6) is 0 Å². The largest absolute Gasteiger partial charge is 0.311 e. The average molecular weight is 277 g/mol. The maximum absolute atomic E-state index is 3.91. The van der Waals surface area contributed by atoms with E-state index in [0.29, 0.717) is 21.8 Å². The molecule has 3 rings (SSSR count). The lowest BCUT2D eigenvalue weighted by atomic mass is 9.46. The van der Waals surface area contributed by atoms with Crippen LogP contribution in [0.4, 0.5) is 0 Å². The van der Waals surface area contributed by atoms with Crippen LogP contribution in [0.2, 0.25) is 0 Å². The molecule has 0 unspecified atom stereocenters. The number of rotatable bonds is 2. The lowest BCUT2D eigenvalue weighted by Gasteiger charge is -2.60. The number of nitrogens with one attached hydrogen (secondary N) is 1. The summed E-state index contributed by atoms with van der Waals surface area (Å²) in [6, 6.07) is 0. The van der Waals surface area contributed by atoms with E-state index in [1.807, 2.05) is 0 Å². The van der Waals surface area contributed by atoms with Gasteiger partial charge in [-0.15, -0.1) is 0 Å². The topological polar surface area (TPSA) is 12.0 Å². The predicted molar refractivity (Wildman–Crippen MR) is 86.8 cm³/mol. The summed E-state index contributed by atoms with van der Waals surface area (Å²) >= 11 is 0. The van der Waals surface area contributed by atoms with Gasteiger partial charge in [0.15, 0.2) is 0 Å². The van der Waals surface area contributed by atoms with Crippen molar-refractivity contribution >= 4 is 0 Å². The Morgan fingerprint density at radius 3 is 1.65 bits per heavy atom. The second-order valence-electron chi connectivity index (χ2n) is 9.92. The van der Waals surface area contributed by atoms with Crippen molar-refractivity contribution in [3.8, 4) is 0 Å². The minimum absolute atomic E-state index is 0.299. The van der Waals surface area contributed by atoms with Crippen molar-refractivity contribution in [2.75, 3.05) is 6.54 Å². The quantitative estimate of drug-likeness (QED) is 0.748. The van der Waals surface area contributed by atoms with Gasteiger partial charge in [0.25, 0.3) is 0 Å². The summed E-state index contributed by atoms with van der Waals surface area (Å²) in [6.45, 7) is 16.3. The second-order valence-corrected chi connectivity index (χ2v) is 9.92. The van der Waals surface area contributed by atoms with E-state index in [1.54, 1.807) is 0 Å². The Morgan fingerprint density at radius 2 is 1.20 bits per heavy atom. The molecule has 0 radical (unpaired) electrons. The van der Waals surface area contributed by atoms with Crippen molar-refractivity contribution in [2.24, 2.45) is 28.1 Å². The third kappa shape index (κ3) is 2.07. The fraction of sp³-hybridized carbons (Fsp3) is 1.00. The molecule has 1 heterocycles. The lowest BCUT2D eigenvalue weighted by molar-refractivity contribution is -0.111. The van der Waals surface area contributed by atoms with Crippen LogP contribution in [-0.2, 0) is 0 Å². The van der Waals surface area contributed by atoms with Gasteiger partial charge in [0.2, 0.25) is 0 Å². The van der Waals surface area contributed by atoms with Gasteiger partial charge in [0, 0.05) is 12.1 Å². The summed E-state index contributed by atoms with van der Waals surface area (Å²) in [5, 5.41) is 3.91. The summed E-state index contributed by atoms with van der Waals surface area (Å²) in [5.74, 6) is 2.01. The minimum Gasteiger partial charge on any atom is -0.311 e. The Morgan fingerprint density at radius 1 is 0.700 bits per heavy atom. The smallest absolute Gasteiger partial charge is 0.0125 e. The first-order valence-corrected chi connectivity index (χ1v) is 8.87. The molecule has 0 aromatic carbocycles. The fourth-order valence-electron chi connectivity index (χ4n) is 6.06. The zero-order chi connectivity index (χ0) is 14.8. The molecule has 1 saturated heterocycles. The summed E-state index contributed by atoms with van der Waals surface area (Å²) < 4.78 is 0. The molecule has 116 valence electrons. The van der Waals surface area contributed by atoms with Crippen LogP contribution in [0.1, 0.15) is 80.1 Å². The molecular formula is C19H35N. The molecule has 1 heteroatoms. The van der Waals surface area contributed by atoms with Crippen molar-refractivity contribution in [1.29, 1.82) is 0 Å². The van der Waals surface area contributed by atoms with E-state index >= 15 is 0 Å². The molecule has 0 atom stereocenters. The standard InChI is InChI=1S/C19H35N/c1-16(2)11-12-18(5,6)20-13-17(3,4)19(16,14-7-8-14)15-9-10-15/h14-15,20H,7-13H2,1-6H3. The van der Waals surface area contributed by atoms with Crippen LogP contribution in [0.15, 0.2) is 0 Å². The van der Waals surface area contributed by atoms with Gasteiger partial charge in [-0.3, -0.25) is 0 Å². The van der Waals surface area contributed by atoms with Gasteiger partial charge in [-0.05, 0) is 80.5 Å². The van der Waals surface area contributed by atoms with Crippen molar-refractivity contribution < 1.29 is 0 Å². The maximum Gasteiger partial charge on any atom is 0.0125 e. The van der Waals surface area contributed by atoms with E-state index < -0.39 is 0 Å². The van der Waals surface area contributed by atoms with Crippen molar-refractivity contribution in [2.45, 2.75) is 85.6 Å². The predicted octanol–water partition coefficient (Wildman–Crippen LogP) is 5.01. The monoisotopic (exact) mass is 277 g/mol. The molecule has 0 aromatic rings. The summed E-state index contributed by atoms with van der Waals surface area (Å²) in [5.41, 5.74) is 1.77. The Hall–Kier alpha value is -0.0400. The van der Waals surface area contributed by atoms with Crippen LogP contribution in [-0.4, -0.2) is 12.1 Å². The fourth-order valence-corrected chi connectivity index (χ4v) is 6.06. The van der Waals surface area contributed by atoms with Crippen LogP contribution in [0.3, 0.4) is 0 Å². The molecule has 0 aromatic heterocycles. The molecule has 1 N–H and O–H groups in total. The highest BCUT2D eigenvalue weighted by molar-refractivity contribution is 5.16. The second kappa shape index (κ2) is 4.24. The highest BCUT2D eigenvalue weighted by Gasteiger charge is 2.67. The highest BCUT2D eigenvalue weighted by Crippen LogP contribution is 2.73. The normalized spacial score (nSPS) is 35.1. The van der Waals surface area contributed by atoms with Gasteiger partial charge in [0.05, 0.1) is 0 Å². The molecular weight excluding hydrogens is 242 g/mol. The van der Waals surface area contributed by atoms with Crippen molar-refractivity contribution in [3.05, 3.63) is 0 Å². The number of hydrogen-bond acceptors (Lipinski definition) is 1. The first-order valence-electron chi connectivity index (χ1n) is 8.87. The first kappa shape index (κ1) is 14.9. The average Bonchev–Trinajstić information content (AvgIpc) is 3.17. The van der Waals surface area contributed by atoms with Crippen LogP contribution in [0, 0.1) is 28.1 Å². The molecule has 3 aliphatic rings. The molecule has 0 bridgehead atoms. The summed E-state index contributed by atoms with van der Waals surface area (Å²) in [7, 11) is 0. The molecule has 3 fully saturated rings. The van der Waals surface area contributed by atoms with E-state index in [1.165, 1.54) is 45.1 Å². The maximum atomic E-state index is 3.91. The Balaban J connectivity index is 2.03. The zero-order valence-electron chi connectivity index (χ0n) is 14.6. The molecule has 0 spiro atoms. The van der Waals surface area contributed by atoms with Gasteiger partial charge in [-0.1, -0.05) is 27.7 Å². The Labute approximate surface area is 126 Å². The minimum atomic E-state index is 0.299. The highest BCUT2D eigenvalue weighted by atomic mass is 15.0. The summed E-state index contributed by atoms with van der Waals surface area (Å²) in [4.78, 5) is 0. The van der Waals surface area contributed by atoms with E-state index in [9.17, 15) is 0 Å². The SMILES string of the molecule is CC1(C)CCC(C)(C)C(C2CC2)(C2CC2)C(C)(C)CN1. The van der Waals surface area contributed by atoms with Gasteiger partial charge >= 0.3 is 0 Å². The molecule has 0 amide bonds. The molecule has 20 heavy (non-hydrogen) atoms. The molecule has 1 aliphatic heterocycles. The molecule has 1 nitrogen and oxygen atoms in total. The lowest BCUT2D eigenvalue weighted by Crippen LogP contribution is -2.60. The van der Waals surface area contributed by atoms with Gasteiger partial charge < -0.3 is 5.32 Å². The van der Waals surface area contributed by atoms with Crippen LogP contribution >= 0.6 is 0 Å². The third-order valence-corrected chi connectivity index (χ3v) is 7.07. The van der Waals surface area contributed by atoms with E-state index in [0.717, 1.165) is 11.8 Å². The van der Waals surface area contributed by atoms with E-state index in [2.05, 4.69) is 46.9 Å². The van der Waals surface area contributed by atoms with Crippen LogP contribution < -0.4 is 5.32 Å². The van der Waals surface area contributed by atoms with Crippen molar-refractivity contribution in [1.82, 2.24) is 5.32 Å². The first-order chi connectivity index (χ1) is 9.12. The van der Waals surface area contributed by atoms with E-state index in [4.69, 9.17) is 0 Å². The zero-order valence-corrected chi connectivity index (χ0v) is 14.6. The van der Waals surface area contributed by atoms with Gasteiger partial charge in [-0.25, -0.2) is 0 Å². The van der Waals surface area contributed by atoms with Crippen molar-refractivity contribution in [3.63, 3.8) is 0 Å². The number of hydrogen-bond donors (Lipinski definition) is 1. The Bertz CT molecular complexity index is 347. The van der Waals surface area contributed by atoms with Crippen LogP contribution in [0.25, 0.3) is 0 Å².